The highest BCUT2D eigenvalue weighted by atomic mass is 19.4. The number of alkyl halides is 3. The zero-order valence-corrected chi connectivity index (χ0v) is 22.4. The second kappa shape index (κ2) is 13.0. The van der Waals surface area contributed by atoms with Crippen molar-refractivity contribution < 1.29 is 36.9 Å². The molecule has 0 spiro atoms. The number of hydrogen-bond acceptors (Lipinski definition) is 3. The van der Waals surface area contributed by atoms with Gasteiger partial charge in [0.25, 0.3) is 0 Å². The first-order valence-electron chi connectivity index (χ1n) is 12.9. The molecule has 3 aromatic rings. The van der Waals surface area contributed by atoms with Crippen molar-refractivity contribution in [2.75, 3.05) is 6.61 Å². The van der Waals surface area contributed by atoms with Crippen LogP contribution in [0.4, 0.5) is 17.6 Å². The average Bonchev–Trinajstić information content (AvgIpc) is 2.85. The molecule has 0 aliphatic rings. The highest BCUT2D eigenvalue weighted by molar-refractivity contribution is 5.70. The van der Waals surface area contributed by atoms with Gasteiger partial charge in [0.2, 0.25) is 0 Å². The Morgan fingerprint density at radius 3 is 2.33 bits per heavy atom. The maximum Gasteiger partial charge on any atom is 0.422 e. The molecular weight excluding hydrogens is 512 g/mol. The van der Waals surface area contributed by atoms with Crippen LogP contribution in [0.3, 0.4) is 0 Å². The number of aryl methyl sites for hydroxylation is 1. The van der Waals surface area contributed by atoms with Crippen molar-refractivity contribution in [3.05, 3.63) is 83.2 Å². The third-order valence-corrected chi connectivity index (χ3v) is 6.33. The predicted molar refractivity (Wildman–Crippen MR) is 143 cm³/mol. The van der Waals surface area contributed by atoms with Crippen LogP contribution in [-0.4, -0.2) is 23.9 Å². The summed E-state index contributed by atoms with van der Waals surface area (Å²) in [6.45, 7) is 5.14. The molecule has 0 atom stereocenters. The van der Waals surface area contributed by atoms with Crippen molar-refractivity contribution in [2.24, 2.45) is 5.41 Å². The fraction of sp³-hybridized carbons (Fsp3) is 0.387. The topological polar surface area (TPSA) is 55.8 Å². The van der Waals surface area contributed by atoms with E-state index in [2.05, 4.69) is 20.8 Å². The third-order valence-electron chi connectivity index (χ3n) is 6.33. The minimum absolute atomic E-state index is 0.0286. The number of halogens is 4. The Balaban J connectivity index is 1.89. The molecule has 3 aromatic carbocycles. The average molecular weight is 547 g/mol. The lowest BCUT2D eigenvalue weighted by atomic mass is 9.79. The molecule has 0 aliphatic heterocycles. The molecule has 8 heteroatoms. The largest absolute Gasteiger partial charge is 0.489 e. The van der Waals surface area contributed by atoms with Crippen LogP contribution in [0.15, 0.2) is 60.7 Å². The van der Waals surface area contributed by atoms with Gasteiger partial charge in [-0.3, -0.25) is 4.79 Å². The number of aliphatic carboxylic acids is 1. The van der Waals surface area contributed by atoms with Crippen LogP contribution in [0.25, 0.3) is 11.1 Å². The molecule has 0 amide bonds. The molecule has 39 heavy (non-hydrogen) atoms. The Morgan fingerprint density at radius 1 is 0.897 bits per heavy atom. The van der Waals surface area contributed by atoms with Gasteiger partial charge in [-0.1, -0.05) is 57.5 Å². The lowest BCUT2D eigenvalue weighted by molar-refractivity contribution is -0.153. The van der Waals surface area contributed by atoms with Crippen molar-refractivity contribution in [3.8, 4) is 22.6 Å². The normalized spacial score (nSPS) is 11.9. The molecule has 0 saturated heterocycles. The van der Waals surface area contributed by atoms with E-state index in [0.29, 0.717) is 24.2 Å². The van der Waals surface area contributed by atoms with E-state index in [1.165, 1.54) is 12.1 Å². The summed E-state index contributed by atoms with van der Waals surface area (Å²) in [6.07, 6.45) is -1.54. The molecule has 4 nitrogen and oxygen atoms in total. The number of rotatable bonds is 13. The van der Waals surface area contributed by atoms with E-state index in [9.17, 15) is 22.4 Å². The summed E-state index contributed by atoms with van der Waals surface area (Å²) >= 11 is 0. The standard InChI is InChI=1S/C31H34F4O4/c1-4-14-30(2,3)18-23-15-22(19-38-24-7-5-6-21(16-24)9-13-29(36)37)8-11-26(23)27-17-25(10-12-28(27)32)39-20-31(33,34)35/h5-8,10-12,15-17H,4,9,13-14,18-20H2,1-3H3,(H,36,37). The van der Waals surface area contributed by atoms with E-state index < -0.39 is 24.6 Å². The maximum atomic E-state index is 15.0. The van der Waals surface area contributed by atoms with Gasteiger partial charge in [-0.05, 0) is 77.3 Å². The fourth-order valence-electron chi connectivity index (χ4n) is 4.60. The minimum atomic E-state index is -4.50. The summed E-state index contributed by atoms with van der Waals surface area (Å²) in [7, 11) is 0. The molecule has 3 rings (SSSR count). The van der Waals surface area contributed by atoms with Crippen molar-refractivity contribution in [1.29, 1.82) is 0 Å². The van der Waals surface area contributed by atoms with Gasteiger partial charge in [0, 0.05) is 12.0 Å². The lowest BCUT2D eigenvalue weighted by Crippen LogP contribution is -2.19. The molecule has 0 radical (unpaired) electrons. The van der Waals surface area contributed by atoms with E-state index in [1.807, 2.05) is 30.3 Å². The van der Waals surface area contributed by atoms with Gasteiger partial charge >= 0.3 is 12.1 Å². The van der Waals surface area contributed by atoms with Crippen LogP contribution in [0.2, 0.25) is 0 Å². The summed E-state index contributed by atoms with van der Waals surface area (Å²) in [5.74, 6) is -0.868. The molecular formula is C31H34F4O4. The van der Waals surface area contributed by atoms with E-state index in [-0.39, 0.29) is 29.8 Å². The van der Waals surface area contributed by atoms with Gasteiger partial charge in [0.1, 0.15) is 23.9 Å². The second-order valence-electron chi connectivity index (χ2n) is 10.5. The first kappa shape index (κ1) is 30.0. The highest BCUT2D eigenvalue weighted by Crippen LogP contribution is 2.36. The van der Waals surface area contributed by atoms with Crippen LogP contribution < -0.4 is 9.47 Å². The molecule has 0 aliphatic carbocycles. The van der Waals surface area contributed by atoms with Crippen LogP contribution in [0.5, 0.6) is 11.5 Å². The van der Waals surface area contributed by atoms with E-state index in [0.717, 1.165) is 35.6 Å². The number of hydrogen-bond donors (Lipinski definition) is 1. The Morgan fingerprint density at radius 2 is 1.64 bits per heavy atom. The van der Waals surface area contributed by atoms with Crippen LogP contribution in [-0.2, 0) is 24.2 Å². The SMILES string of the molecule is CCCC(C)(C)Cc1cc(COc2cccc(CCC(=O)O)c2)ccc1-c1cc(OCC(F)(F)F)ccc1F. The zero-order valence-electron chi connectivity index (χ0n) is 22.4. The minimum Gasteiger partial charge on any atom is -0.489 e. The van der Waals surface area contributed by atoms with Crippen molar-refractivity contribution >= 4 is 5.97 Å². The fourth-order valence-corrected chi connectivity index (χ4v) is 4.60. The maximum absolute atomic E-state index is 15.0. The number of carbonyl (C=O) groups is 1. The lowest BCUT2D eigenvalue weighted by Gasteiger charge is -2.26. The molecule has 0 saturated carbocycles. The van der Waals surface area contributed by atoms with Gasteiger partial charge in [-0.25, -0.2) is 4.39 Å². The first-order chi connectivity index (χ1) is 18.3. The van der Waals surface area contributed by atoms with Crippen molar-refractivity contribution in [2.45, 2.75) is 65.7 Å². The van der Waals surface area contributed by atoms with Gasteiger partial charge in [0.05, 0.1) is 0 Å². The molecule has 1 N–H and O–H groups in total. The zero-order chi connectivity index (χ0) is 28.6. The van der Waals surface area contributed by atoms with Crippen LogP contribution in [0, 0.1) is 11.2 Å². The smallest absolute Gasteiger partial charge is 0.422 e. The Bertz CT molecular complexity index is 1270. The number of benzene rings is 3. The number of carboxylic acids is 1. The Hall–Kier alpha value is -3.55. The van der Waals surface area contributed by atoms with Gasteiger partial charge in [-0.15, -0.1) is 0 Å². The molecule has 210 valence electrons. The van der Waals surface area contributed by atoms with Gasteiger partial charge in [0.15, 0.2) is 6.61 Å². The highest BCUT2D eigenvalue weighted by Gasteiger charge is 2.28. The van der Waals surface area contributed by atoms with E-state index in [1.54, 1.807) is 12.1 Å². The monoisotopic (exact) mass is 546 g/mol. The molecule has 0 aromatic heterocycles. The first-order valence-corrected chi connectivity index (χ1v) is 12.9. The van der Waals surface area contributed by atoms with Gasteiger partial charge < -0.3 is 14.6 Å². The van der Waals surface area contributed by atoms with Crippen LogP contribution in [0.1, 0.15) is 56.7 Å². The Kier molecular flexibility index (Phi) is 10.0. The summed E-state index contributed by atoms with van der Waals surface area (Å²) < 4.78 is 63.8. The van der Waals surface area contributed by atoms with Crippen molar-refractivity contribution in [1.82, 2.24) is 0 Å². The predicted octanol–water partition coefficient (Wildman–Crippen LogP) is 8.40. The summed E-state index contributed by atoms with van der Waals surface area (Å²) in [4.78, 5) is 10.9. The van der Waals surface area contributed by atoms with Crippen LogP contribution >= 0.6 is 0 Å². The van der Waals surface area contributed by atoms with E-state index in [4.69, 9.17) is 14.6 Å². The number of carboxylic acid groups (broad SMARTS) is 1. The summed E-state index contributed by atoms with van der Waals surface area (Å²) in [5.41, 5.74) is 3.24. The third kappa shape index (κ3) is 9.61. The molecule has 0 bridgehead atoms. The number of ether oxygens (including phenoxy) is 2. The molecule has 0 heterocycles. The second-order valence-corrected chi connectivity index (χ2v) is 10.5. The quantitative estimate of drug-likeness (QED) is 0.219. The van der Waals surface area contributed by atoms with Crippen molar-refractivity contribution in [3.63, 3.8) is 0 Å². The summed E-state index contributed by atoms with van der Waals surface area (Å²) in [6, 6.07) is 16.4. The molecule has 0 unspecified atom stereocenters. The van der Waals surface area contributed by atoms with Gasteiger partial charge in [-0.2, -0.15) is 13.2 Å². The molecule has 0 fully saturated rings. The Labute approximate surface area is 226 Å². The van der Waals surface area contributed by atoms with E-state index >= 15 is 0 Å². The summed E-state index contributed by atoms with van der Waals surface area (Å²) in [5, 5.41) is 8.93.